The fourth-order valence-electron chi connectivity index (χ4n) is 3.39. The van der Waals surface area contributed by atoms with Crippen molar-refractivity contribution in [2.75, 3.05) is 31.6 Å². The smallest absolute Gasteiger partial charge is 0.255 e. The zero-order valence-electron chi connectivity index (χ0n) is 16.3. The molecule has 4 rings (SSSR count). The van der Waals surface area contributed by atoms with Crippen molar-refractivity contribution >= 4 is 21.6 Å². The molecule has 0 radical (unpaired) electrons. The van der Waals surface area contributed by atoms with Gasteiger partial charge in [-0.05, 0) is 29.8 Å². The molecule has 0 atom stereocenters. The van der Waals surface area contributed by atoms with Crippen LogP contribution >= 0.6 is 0 Å². The van der Waals surface area contributed by atoms with E-state index in [1.807, 2.05) is 54.6 Å². The minimum absolute atomic E-state index is 0.105. The molecule has 1 N–H and O–H groups in total. The molecule has 3 aromatic rings. The highest BCUT2D eigenvalue weighted by molar-refractivity contribution is 7.89. The number of amides is 1. The zero-order valence-corrected chi connectivity index (χ0v) is 17.1. The average molecular weight is 423 g/mol. The highest BCUT2D eigenvalue weighted by Gasteiger charge is 2.27. The quantitative estimate of drug-likeness (QED) is 0.681. The summed E-state index contributed by atoms with van der Waals surface area (Å²) >= 11 is 0. The first-order valence-electron chi connectivity index (χ1n) is 9.69. The Balaban J connectivity index is 1.59. The van der Waals surface area contributed by atoms with E-state index in [2.05, 4.69) is 5.32 Å². The average Bonchev–Trinajstić information content (AvgIpc) is 2.80. The van der Waals surface area contributed by atoms with Crippen LogP contribution in [0.4, 0.5) is 5.69 Å². The summed E-state index contributed by atoms with van der Waals surface area (Å²) in [5, 5.41) is 2.92. The third kappa shape index (κ3) is 4.28. The standard InChI is InChI=1S/C23H22N2O4S/c26-23(24-22-12-5-4-11-21(22)18-7-2-1-3-8-18)19-9-6-10-20(17-19)30(27,28)25-13-15-29-16-14-25/h1-12,17H,13-16H2,(H,24,26). The second-order valence-electron chi connectivity index (χ2n) is 6.91. The van der Waals surface area contributed by atoms with Gasteiger partial charge in [0, 0.05) is 29.9 Å². The summed E-state index contributed by atoms with van der Waals surface area (Å²) in [5.41, 5.74) is 2.82. The molecule has 1 amide bonds. The molecule has 1 saturated heterocycles. The molecule has 0 aliphatic carbocycles. The Morgan fingerprint density at radius 1 is 0.867 bits per heavy atom. The van der Waals surface area contributed by atoms with Crippen molar-refractivity contribution in [1.29, 1.82) is 0 Å². The van der Waals surface area contributed by atoms with Gasteiger partial charge in [-0.3, -0.25) is 4.79 Å². The summed E-state index contributed by atoms with van der Waals surface area (Å²) < 4.78 is 32.4. The number of anilines is 1. The minimum Gasteiger partial charge on any atom is -0.379 e. The second kappa shape index (κ2) is 8.79. The number of ether oxygens (including phenoxy) is 1. The molecular formula is C23H22N2O4S. The van der Waals surface area contributed by atoms with Crippen LogP contribution < -0.4 is 5.32 Å². The maximum absolute atomic E-state index is 12.9. The van der Waals surface area contributed by atoms with Crippen molar-refractivity contribution in [2.24, 2.45) is 0 Å². The fraction of sp³-hybridized carbons (Fsp3) is 0.174. The number of benzene rings is 3. The number of hydrogen-bond donors (Lipinski definition) is 1. The number of rotatable bonds is 5. The Morgan fingerprint density at radius 3 is 2.33 bits per heavy atom. The summed E-state index contributed by atoms with van der Waals surface area (Å²) in [7, 11) is -3.67. The van der Waals surface area contributed by atoms with E-state index in [4.69, 9.17) is 4.74 Å². The normalized spacial score (nSPS) is 14.9. The predicted molar refractivity (Wildman–Crippen MR) is 116 cm³/mol. The molecule has 0 bridgehead atoms. The number of carbonyl (C=O) groups is 1. The van der Waals surface area contributed by atoms with Crippen LogP contribution in [0.15, 0.2) is 83.8 Å². The van der Waals surface area contributed by atoms with E-state index in [-0.39, 0.29) is 16.4 Å². The molecule has 7 heteroatoms. The summed E-state index contributed by atoms with van der Waals surface area (Å²) in [6, 6.07) is 23.4. The van der Waals surface area contributed by atoms with Gasteiger partial charge in [-0.15, -0.1) is 0 Å². The Bertz CT molecular complexity index is 1140. The van der Waals surface area contributed by atoms with Gasteiger partial charge in [0.25, 0.3) is 5.91 Å². The Morgan fingerprint density at radius 2 is 1.57 bits per heavy atom. The van der Waals surface area contributed by atoms with Gasteiger partial charge < -0.3 is 10.1 Å². The van der Waals surface area contributed by atoms with Crippen molar-refractivity contribution in [3.63, 3.8) is 0 Å². The van der Waals surface area contributed by atoms with E-state index in [0.29, 0.717) is 32.0 Å². The molecule has 1 fully saturated rings. The van der Waals surface area contributed by atoms with E-state index < -0.39 is 10.0 Å². The van der Waals surface area contributed by atoms with Gasteiger partial charge >= 0.3 is 0 Å². The van der Waals surface area contributed by atoms with Crippen LogP contribution in [-0.4, -0.2) is 44.9 Å². The number of hydrogen-bond acceptors (Lipinski definition) is 4. The Labute approximate surface area is 176 Å². The predicted octanol–water partition coefficient (Wildman–Crippen LogP) is 3.63. The molecule has 1 aliphatic rings. The first-order chi connectivity index (χ1) is 14.6. The van der Waals surface area contributed by atoms with Crippen LogP contribution in [0, 0.1) is 0 Å². The van der Waals surface area contributed by atoms with E-state index >= 15 is 0 Å². The molecule has 3 aromatic carbocycles. The minimum atomic E-state index is -3.67. The number of nitrogens with zero attached hydrogens (tertiary/aromatic N) is 1. The molecule has 0 unspecified atom stereocenters. The Kier molecular flexibility index (Phi) is 5.94. The summed E-state index contributed by atoms with van der Waals surface area (Å²) in [4.78, 5) is 13.0. The van der Waals surface area contributed by atoms with Gasteiger partial charge in [0.05, 0.1) is 18.1 Å². The summed E-state index contributed by atoms with van der Waals surface area (Å²) in [6.45, 7) is 1.36. The highest BCUT2D eigenvalue weighted by atomic mass is 32.2. The third-order valence-electron chi connectivity index (χ3n) is 4.96. The maximum atomic E-state index is 12.9. The van der Waals surface area contributed by atoms with Crippen LogP contribution in [0.3, 0.4) is 0 Å². The molecule has 0 spiro atoms. The lowest BCUT2D eigenvalue weighted by Gasteiger charge is -2.26. The van der Waals surface area contributed by atoms with Crippen LogP contribution in [0.5, 0.6) is 0 Å². The molecule has 1 aliphatic heterocycles. The van der Waals surface area contributed by atoms with E-state index in [0.717, 1.165) is 11.1 Å². The monoisotopic (exact) mass is 422 g/mol. The van der Waals surface area contributed by atoms with Crippen molar-refractivity contribution in [1.82, 2.24) is 4.31 Å². The van der Waals surface area contributed by atoms with Gasteiger partial charge in [0.15, 0.2) is 0 Å². The summed E-state index contributed by atoms with van der Waals surface area (Å²) in [6.07, 6.45) is 0. The SMILES string of the molecule is O=C(Nc1ccccc1-c1ccccc1)c1cccc(S(=O)(=O)N2CCOCC2)c1. The Hall–Kier alpha value is -3.00. The molecule has 30 heavy (non-hydrogen) atoms. The van der Waals surface area contributed by atoms with Crippen LogP contribution in [0.1, 0.15) is 10.4 Å². The van der Waals surface area contributed by atoms with Gasteiger partial charge in [-0.1, -0.05) is 54.6 Å². The third-order valence-corrected chi connectivity index (χ3v) is 6.86. The number of para-hydroxylation sites is 1. The number of morpholine rings is 1. The second-order valence-corrected chi connectivity index (χ2v) is 8.85. The molecule has 0 saturated carbocycles. The molecule has 6 nitrogen and oxygen atoms in total. The van der Waals surface area contributed by atoms with Crippen molar-refractivity contribution in [3.05, 3.63) is 84.4 Å². The fourth-order valence-corrected chi connectivity index (χ4v) is 4.84. The lowest BCUT2D eigenvalue weighted by Crippen LogP contribution is -2.40. The molecule has 1 heterocycles. The van der Waals surface area contributed by atoms with Crippen LogP contribution in [-0.2, 0) is 14.8 Å². The lowest BCUT2D eigenvalue weighted by molar-refractivity contribution is 0.0730. The molecule has 154 valence electrons. The largest absolute Gasteiger partial charge is 0.379 e. The van der Waals surface area contributed by atoms with E-state index in [1.54, 1.807) is 12.1 Å². The number of sulfonamides is 1. The van der Waals surface area contributed by atoms with E-state index in [9.17, 15) is 13.2 Å². The summed E-state index contributed by atoms with van der Waals surface area (Å²) in [5.74, 6) is -0.364. The lowest BCUT2D eigenvalue weighted by atomic mass is 10.0. The van der Waals surface area contributed by atoms with Gasteiger partial charge in [0.1, 0.15) is 0 Å². The first-order valence-corrected chi connectivity index (χ1v) is 11.1. The van der Waals surface area contributed by atoms with Crippen molar-refractivity contribution < 1.29 is 17.9 Å². The number of nitrogens with one attached hydrogen (secondary N) is 1. The molecular weight excluding hydrogens is 400 g/mol. The van der Waals surface area contributed by atoms with Gasteiger partial charge in [-0.25, -0.2) is 8.42 Å². The molecule has 0 aromatic heterocycles. The topological polar surface area (TPSA) is 75.7 Å². The van der Waals surface area contributed by atoms with Crippen molar-refractivity contribution in [3.8, 4) is 11.1 Å². The van der Waals surface area contributed by atoms with Crippen LogP contribution in [0.25, 0.3) is 11.1 Å². The van der Waals surface area contributed by atoms with E-state index in [1.165, 1.54) is 16.4 Å². The maximum Gasteiger partial charge on any atom is 0.255 e. The highest BCUT2D eigenvalue weighted by Crippen LogP contribution is 2.28. The number of carbonyl (C=O) groups excluding carboxylic acids is 1. The van der Waals surface area contributed by atoms with Crippen LogP contribution in [0.2, 0.25) is 0 Å². The zero-order chi connectivity index (χ0) is 21.0. The van der Waals surface area contributed by atoms with Gasteiger partial charge in [0.2, 0.25) is 10.0 Å². The first kappa shape index (κ1) is 20.3. The van der Waals surface area contributed by atoms with Crippen molar-refractivity contribution in [2.45, 2.75) is 4.90 Å². The van der Waals surface area contributed by atoms with Gasteiger partial charge in [-0.2, -0.15) is 4.31 Å².